The zero-order chi connectivity index (χ0) is 12.3. The third-order valence-corrected chi connectivity index (χ3v) is 2.39. The number of rotatable bonds is 4. The summed E-state index contributed by atoms with van der Waals surface area (Å²) in [5, 5.41) is 12.2. The molecular formula is C10H18N4O2. The molecule has 0 saturated heterocycles. The van der Waals surface area contributed by atoms with E-state index < -0.39 is 11.0 Å². The van der Waals surface area contributed by atoms with Crippen molar-refractivity contribution in [1.29, 1.82) is 0 Å². The van der Waals surface area contributed by atoms with Crippen LogP contribution in [0.1, 0.15) is 13.8 Å². The third-order valence-electron chi connectivity index (χ3n) is 2.39. The molecule has 0 aliphatic heterocycles. The number of nitrogens with two attached hydrogens (primary N) is 2. The van der Waals surface area contributed by atoms with E-state index in [4.69, 9.17) is 11.6 Å². The van der Waals surface area contributed by atoms with Crippen LogP contribution < -0.4 is 11.6 Å². The molecule has 90 valence electrons. The molecular weight excluding hydrogens is 208 g/mol. The molecule has 1 aliphatic carbocycles. The SMILES string of the molecule is CC(C)CN(N)C1C=CC([N+](=O)[O-])=CC1N. The van der Waals surface area contributed by atoms with Crippen molar-refractivity contribution >= 4 is 0 Å². The van der Waals surface area contributed by atoms with Crippen LogP contribution in [0.15, 0.2) is 23.9 Å². The Morgan fingerprint density at radius 1 is 1.62 bits per heavy atom. The molecule has 6 nitrogen and oxygen atoms in total. The van der Waals surface area contributed by atoms with Crippen LogP contribution in [0.3, 0.4) is 0 Å². The Hall–Kier alpha value is -1.24. The Morgan fingerprint density at radius 3 is 2.69 bits per heavy atom. The average Bonchev–Trinajstić information content (AvgIpc) is 2.15. The third kappa shape index (κ3) is 3.13. The van der Waals surface area contributed by atoms with Gasteiger partial charge in [-0.05, 0) is 5.92 Å². The van der Waals surface area contributed by atoms with E-state index in [0.29, 0.717) is 12.5 Å². The molecule has 16 heavy (non-hydrogen) atoms. The van der Waals surface area contributed by atoms with Gasteiger partial charge in [0.2, 0.25) is 0 Å². The molecule has 6 heteroatoms. The highest BCUT2D eigenvalue weighted by atomic mass is 16.6. The molecule has 0 amide bonds. The summed E-state index contributed by atoms with van der Waals surface area (Å²) >= 11 is 0. The molecule has 4 N–H and O–H groups in total. The second kappa shape index (κ2) is 5.20. The molecule has 1 aliphatic rings. The summed E-state index contributed by atoms with van der Waals surface area (Å²) in [6, 6.07) is -0.611. The first kappa shape index (κ1) is 12.8. The smallest absolute Gasteiger partial charge is 0.266 e. The lowest BCUT2D eigenvalue weighted by Gasteiger charge is -2.30. The predicted molar refractivity (Wildman–Crippen MR) is 61.7 cm³/mol. The van der Waals surface area contributed by atoms with Crippen molar-refractivity contribution in [3.8, 4) is 0 Å². The van der Waals surface area contributed by atoms with Gasteiger partial charge in [0, 0.05) is 18.7 Å². The molecule has 0 aromatic carbocycles. The lowest BCUT2D eigenvalue weighted by atomic mass is 10.0. The Morgan fingerprint density at radius 2 is 2.25 bits per heavy atom. The average molecular weight is 226 g/mol. The van der Waals surface area contributed by atoms with Gasteiger partial charge in [0.15, 0.2) is 0 Å². The van der Waals surface area contributed by atoms with Gasteiger partial charge in [-0.25, -0.2) is 5.01 Å². The van der Waals surface area contributed by atoms with Crippen LogP contribution in [-0.4, -0.2) is 28.6 Å². The van der Waals surface area contributed by atoms with Crippen LogP contribution in [-0.2, 0) is 0 Å². The van der Waals surface area contributed by atoms with E-state index in [9.17, 15) is 10.1 Å². The summed E-state index contributed by atoms with van der Waals surface area (Å²) in [5.74, 6) is 6.29. The Kier molecular flexibility index (Phi) is 4.17. The summed E-state index contributed by atoms with van der Waals surface area (Å²) in [5.41, 5.74) is 5.86. The van der Waals surface area contributed by atoms with Gasteiger partial charge in [0.1, 0.15) is 0 Å². The van der Waals surface area contributed by atoms with Crippen molar-refractivity contribution in [1.82, 2.24) is 5.01 Å². The Balaban J connectivity index is 2.68. The van der Waals surface area contributed by atoms with Gasteiger partial charge in [-0.3, -0.25) is 16.0 Å². The van der Waals surface area contributed by atoms with E-state index in [1.165, 1.54) is 12.2 Å². The van der Waals surface area contributed by atoms with E-state index in [2.05, 4.69) is 13.8 Å². The van der Waals surface area contributed by atoms with Crippen molar-refractivity contribution in [2.24, 2.45) is 17.5 Å². The van der Waals surface area contributed by atoms with E-state index >= 15 is 0 Å². The molecule has 0 saturated carbocycles. The Labute approximate surface area is 94.7 Å². The number of nitrogens with zero attached hydrogens (tertiary/aromatic N) is 2. The summed E-state index contributed by atoms with van der Waals surface area (Å²) in [7, 11) is 0. The lowest BCUT2D eigenvalue weighted by molar-refractivity contribution is -0.419. The molecule has 2 atom stereocenters. The van der Waals surface area contributed by atoms with Crippen molar-refractivity contribution < 1.29 is 4.92 Å². The first-order valence-corrected chi connectivity index (χ1v) is 5.23. The molecule has 0 heterocycles. The maximum Gasteiger partial charge on any atom is 0.266 e. The lowest BCUT2D eigenvalue weighted by Crippen LogP contribution is -2.51. The molecule has 0 aromatic rings. The zero-order valence-electron chi connectivity index (χ0n) is 9.54. The number of nitro groups is 1. The van der Waals surface area contributed by atoms with Crippen molar-refractivity contribution in [3.05, 3.63) is 34.0 Å². The summed E-state index contributed by atoms with van der Waals surface area (Å²) < 4.78 is 0. The minimum atomic E-state index is -0.449. The number of hydrogen-bond acceptors (Lipinski definition) is 5. The quantitative estimate of drug-likeness (QED) is 0.406. The van der Waals surface area contributed by atoms with Crippen LogP contribution in [0.25, 0.3) is 0 Å². The highest BCUT2D eigenvalue weighted by molar-refractivity contribution is 5.24. The topological polar surface area (TPSA) is 98.4 Å². The fraction of sp³-hybridized carbons (Fsp3) is 0.600. The van der Waals surface area contributed by atoms with Crippen molar-refractivity contribution in [2.75, 3.05) is 6.54 Å². The van der Waals surface area contributed by atoms with Crippen molar-refractivity contribution in [3.63, 3.8) is 0 Å². The summed E-state index contributed by atoms with van der Waals surface area (Å²) in [6.45, 7) is 4.80. The van der Waals surface area contributed by atoms with Gasteiger partial charge >= 0.3 is 0 Å². The monoisotopic (exact) mass is 226 g/mol. The molecule has 2 unspecified atom stereocenters. The molecule has 0 aromatic heterocycles. The van der Waals surface area contributed by atoms with Crippen LogP contribution in [0.5, 0.6) is 0 Å². The van der Waals surface area contributed by atoms with E-state index in [-0.39, 0.29) is 11.7 Å². The van der Waals surface area contributed by atoms with Crippen LogP contribution in [0, 0.1) is 16.0 Å². The van der Waals surface area contributed by atoms with Gasteiger partial charge < -0.3 is 5.73 Å². The maximum atomic E-state index is 10.5. The van der Waals surface area contributed by atoms with Crippen LogP contribution in [0.4, 0.5) is 0 Å². The van der Waals surface area contributed by atoms with Crippen LogP contribution >= 0.6 is 0 Å². The first-order chi connectivity index (χ1) is 7.41. The van der Waals surface area contributed by atoms with E-state index in [1.807, 2.05) is 0 Å². The molecule has 0 radical (unpaired) electrons. The minimum Gasteiger partial charge on any atom is -0.323 e. The highest BCUT2D eigenvalue weighted by Crippen LogP contribution is 2.14. The molecule has 0 bridgehead atoms. The molecule has 1 rings (SSSR count). The normalized spacial score (nSPS) is 25.0. The Bertz CT molecular complexity index is 325. The fourth-order valence-electron chi connectivity index (χ4n) is 1.67. The number of hydrogen-bond donors (Lipinski definition) is 2. The van der Waals surface area contributed by atoms with Gasteiger partial charge in [-0.1, -0.05) is 19.9 Å². The van der Waals surface area contributed by atoms with E-state index in [0.717, 1.165) is 0 Å². The summed E-state index contributed by atoms with van der Waals surface area (Å²) in [4.78, 5) is 10.1. The van der Waals surface area contributed by atoms with Gasteiger partial charge in [0.25, 0.3) is 5.70 Å². The maximum absolute atomic E-state index is 10.5. The number of hydrazine groups is 1. The van der Waals surface area contributed by atoms with Crippen molar-refractivity contribution in [2.45, 2.75) is 25.9 Å². The summed E-state index contributed by atoms with van der Waals surface area (Å²) in [6.07, 6.45) is 4.57. The van der Waals surface area contributed by atoms with Gasteiger partial charge in [-0.15, -0.1) is 0 Å². The molecule has 0 spiro atoms. The van der Waals surface area contributed by atoms with E-state index in [1.54, 1.807) is 11.1 Å². The van der Waals surface area contributed by atoms with Gasteiger partial charge in [-0.2, -0.15) is 0 Å². The minimum absolute atomic E-state index is 0.0293. The van der Waals surface area contributed by atoms with Crippen LogP contribution in [0.2, 0.25) is 0 Å². The highest BCUT2D eigenvalue weighted by Gasteiger charge is 2.25. The molecule has 0 fully saturated rings. The first-order valence-electron chi connectivity index (χ1n) is 5.23. The standard InChI is InChI=1S/C10H18N4O2/c1-7(2)6-13(12)10-4-3-8(14(15)16)5-9(10)11/h3-5,7,9-10H,6,11-12H2,1-2H3. The fourth-order valence-corrected chi connectivity index (χ4v) is 1.67. The second-order valence-corrected chi connectivity index (χ2v) is 4.37. The second-order valence-electron chi connectivity index (χ2n) is 4.37. The number of allylic oxidation sites excluding steroid dienone is 1. The predicted octanol–water partition coefficient (Wildman–Crippen LogP) is 0.244. The van der Waals surface area contributed by atoms with Gasteiger partial charge in [0.05, 0.1) is 17.0 Å². The zero-order valence-corrected chi connectivity index (χ0v) is 9.54. The largest absolute Gasteiger partial charge is 0.323 e.